The molecule has 17 heavy (non-hydrogen) atoms. The molecule has 0 aliphatic carbocycles. The van der Waals surface area contributed by atoms with Gasteiger partial charge in [0.15, 0.2) is 0 Å². The Morgan fingerprint density at radius 1 is 1.24 bits per heavy atom. The topological polar surface area (TPSA) is 54.5 Å². The Morgan fingerprint density at radius 3 is 2.88 bits per heavy atom. The smallest absolute Gasteiger partial charge is 0.142 e. The molecule has 0 amide bonds. The molecular formula is C12H9BrN4. The van der Waals surface area contributed by atoms with Crippen molar-refractivity contribution in [2.75, 3.05) is 0 Å². The number of rotatable bonds is 1. The van der Waals surface area contributed by atoms with Gasteiger partial charge < -0.3 is 4.98 Å². The molecule has 4 nitrogen and oxygen atoms in total. The van der Waals surface area contributed by atoms with E-state index in [2.05, 4.69) is 35.9 Å². The lowest BCUT2D eigenvalue weighted by atomic mass is 10.2. The van der Waals surface area contributed by atoms with Crippen molar-refractivity contribution in [1.82, 2.24) is 19.9 Å². The van der Waals surface area contributed by atoms with Gasteiger partial charge in [-0.25, -0.2) is 9.97 Å². The Balaban J connectivity index is 2.39. The summed E-state index contributed by atoms with van der Waals surface area (Å²) < 4.78 is 0.952. The van der Waals surface area contributed by atoms with Crippen molar-refractivity contribution in [2.45, 2.75) is 6.92 Å². The fourth-order valence-electron chi connectivity index (χ4n) is 1.80. The zero-order chi connectivity index (χ0) is 11.8. The van der Waals surface area contributed by atoms with E-state index in [0.29, 0.717) is 0 Å². The molecule has 3 rings (SSSR count). The number of aromatic amines is 1. The van der Waals surface area contributed by atoms with Crippen molar-refractivity contribution in [3.63, 3.8) is 0 Å². The van der Waals surface area contributed by atoms with Gasteiger partial charge >= 0.3 is 0 Å². The lowest BCUT2D eigenvalue weighted by molar-refractivity contribution is 1.08. The van der Waals surface area contributed by atoms with E-state index in [0.717, 1.165) is 32.7 Å². The van der Waals surface area contributed by atoms with Crippen LogP contribution in [-0.4, -0.2) is 19.9 Å². The van der Waals surface area contributed by atoms with Gasteiger partial charge in [0.2, 0.25) is 0 Å². The number of fused-ring (bicyclic) bond motifs is 1. The second kappa shape index (κ2) is 3.92. The van der Waals surface area contributed by atoms with Gasteiger partial charge in [-0.1, -0.05) is 6.07 Å². The highest BCUT2D eigenvalue weighted by atomic mass is 79.9. The van der Waals surface area contributed by atoms with Crippen molar-refractivity contribution in [3.05, 3.63) is 40.9 Å². The van der Waals surface area contributed by atoms with E-state index in [1.54, 1.807) is 6.20 Å². The fraction of sp³-hybridized carbons (Fsp3) is 0.0833. The van der Waals surface area contributed by atoms with Crippen molar-refractivity contribution in [3.8, 4) is 11.4 Å². The van der Waals surface area contributed by atoms with Gasteiger partial charge in [-0.3, -0.25) is 4.98 Å². The third-order valence-corrected chi connectivity index (χ3v) is 3.13. The SMILES string of the molecule is Cc1nc(-c2ccccn2)c2c(Br)c[nH]c2n1. The van der Waals surface area contributed by atoms with Crippen LogP contribution in [0, 0.1) is 6.92 Å². The number of aryl methyl sites for hydroxylation is 1. The Labute approximate surface area is 106 Å². The molecule has 3 heterocycles. The van der Waals surface area contributed by atoms with Crippen LogP contribution in [0.1, 0.15) is 5.82 Å². The van der Waals surface area contributed by atoms with E-state index in [9.17, 15) is 0 Å². The van der Waals surface area contributed by atoms with Crippen LogP contribution in [0.5, 0.6) is 0 Å². The summed E-state index contributed by atoms with van der Waals surface area (Å²) in [6.07, 6.45) is 3.63. The number of hydrogen-bond acceptors (Lipinski definition) is 3. The monoisotopic (exact) mass is 288 g/mol. The van der Waals surface area contributed by atoms with E-state index < -0.39 is 0 Å². The lowest BCUT2D eigenvalue weighted by Gasteiger charge is -2.03. The van der Waals surface area contributed by atoms with Gasteiger partial charge in [0.05, 0.1) is 11.1 Å². The van der Waals surface area contributed by atoms with E-state index in [1.807, 2.05) is 31.3 Å². The van der Waals surface area contributed by atoms with Crippen LogP contribution in [0.15, 0.2) is 35.1 Å². The number of hydrogen-bond donors (Lipinski definition) is 1. The molecule has 0 fully saturated rings. The van der Waals surface area contributed by atoms with Crippen molar-refractivity contribution in [2.24, 2.45) is 0 Å². The average Bonchev–Trinajstić information content (AvgIpc) is 2.71. The molecule has 0 aromatic carbocycles. The van der Waals surface area contributed by atoms with Crippen LogP contribution < -0.4 is 0 Å². The minimum Gasteiger partial charge on any atom is -0.345 e. The normalized spacial score (nSPS) is 10.9. The number of pyridine rings is 1. The van der Waals surface area contributed by atoms with Gasteiger partial charge in [-0.2, -0.15) is 0 Å². The van der Waals surface area contributed by atoms with Crippen molar-refractivity contribution >= 4 is 27.0 Å². The maximum atomic E-state index is 4.48. The summed E-state index contributed by atoms with van der Waals surface area (Å²) in [5.41, 5.74) is 2.52. The summed E-state index contributed by atoms with van der Waals surface area (Å²) >= 11 is 3.50. The second-order valence-electron chi connectivity index (χ2n) is 3.69. The summed E-state index contributed by atoms with van der Waals surface area (Å²) in [7, 11) is 0. The van der Waals surface area contributed by atoms with E-state index in [1.165, 1.54) is 0 Å². The van der Waals surface area contributed by atoms with Crippen LogP contribution in [0.2, 0.25) is 0 Å². The van der Waals surface area contributed by atoms with E-state index >= 15 is 0 Å². The molecule has 3 aromatic heterocycles. The molecule has 0 aliphatic heterocycles. The molecule has 0 bridgehead atoms. The quantitative estimate of drug-likeness (QED) is 0.749. The Kier molecular flexibility index (Phi) is 2.40. The number of nitrogens with zero attached hydrogens (tertiary/aromatic N) is 3. The highest BCUT2D eigenvalue weighted by molar-refractivity contribution is 9.10. The summed E-state index contributed by atoms with van der Waals surface area (Å²) in [6.45, 7) is 1.88. The largest absolute Gasteiger partial charge is 0.345 e. The molecule has 3 aromatic rings. The highest BCUT2D eigenvalue weighted by Crippen LogP contribution is 2.30. The number of aromatic nitrogens is 4. The van der Waals surface area contributed by atoms with Crippen LogP contribution in [0.4, 0.5) is 0 Å². The van der Waals surface area contributed by atoms with Crippen LogP contribution in [0.3, 0.4) is 0 Å². The third kappa shape index (κ3) is 1.72. The van der Waals surface area contributed by atoms with Crippen molar-refractivity contribution in [1.29, 1.82) is 0 Å². The van der Waals surface area contributed by atoms with Crippen molar-refractivity contribution < 1.29 is 0 Å². The molecule has 0 saturated carbocycles. The first kappa shape index (κ1) is 10.4. The molecule has 0 saturated heterocycles. The first-order valence-corrected chi connectivity index (χ1v) is 5.97. The molecule has 0 aliphatic rings. The second-order valence-corrected chi connectivity index (χ2v) is 4.55. The van der Waals surface area contributed by atoms with E-state index in [-0.39, 0.29) is 0 Å². The zero-order valence-electron chi connectivity index (χ0n) is 9.11. The van der Waals surface area contributed by atoms with Gasteiger partial charge in [-0.15, -0.1) is 0 Å². The fourth-order valence-corrected chi connectivity index (χ4v) is 2.29. The number of nitrogens with one attached hydrogen (secondary N) is 1. The highest BCUT2D eigenvalue weighted by Gasteiger charge is 2.13. The maximum absolute atomic E-state index is 4.48. The maximum Gasteiger partial charge on any atom is 0.142 e. The van der Waals surface area contributed by atoms with Gasteiger partial charge in [0.1, 0.15) is 17.2 Å². The predicted octanol–water partition coefficient (Wildman–Crippen LogP) is 3.09. The minimum absolute atomic E-state index is 0.729. The first-order chi connectivity index (χ1) is 8.25. The molecule has 84 valence electrons. The predicted molar refractivity (Wildman–Crippen MR) is 69.6 cm³/mol. The molecule has 0 atom stereocenters. The molecule has 1 N–H and O–H groups in total. The Bertz CT molecular complexity index is 676. The molecule has 5 heteroatoms. The number of H-pyrrole nitrogens is 1. The molecule has 0 unspecified atom stereocenters. The lowest BCUT2D eigenvalue weighted by Crippen LogP contribution is -1.94. The zero-order valence-corrected chi connectivity index (χ0v) is 10.7. The summed E-state index contributed by atoms with van der Waals surface area (Å²) in [4.78, 5) is 16.3. The van der Waals surface area contributed by atoms with Gasteiger partial charge in [0, 0.05) is 16.9 Å². The standard InChI is InChI=1S/C12H9BrN4/c1-7-16-11(9-4-2-3-5-14-9)10-8(13)6-15-12(10)17-7/h2-6H,1H3,(H,15,16,17). The summed E-state index contributed by atoms with van der Waals surface area (Å²) in [5.74, 6) is 0.729. The number of halogens is 1. The Hall–Kier alpha value is -1.75. The van der Waals surface area contributed by atoms with Crippen LogP contribution in [0.25, 0.3) is 22.4 Å². The third-order valence-electron chi connectivity index (χ3n) is 2.50. The summed E-state index contributed by atoms with van der Waals surface area (Å²) in [6, 6.07) is 5.79. The average molecular weight is 289 g/mol. The Morgan fingerprint density at radius 2 is 2.12 bits per heavy atom. The minimum atomic E-state index is 0.729. The summed E-state index contributed by atoms with van der Waals surface area (Å²) in [5, 5.41) is 0.967. The van der Waals surface area contributed by atoms with Crippen LogP contribution >= 0.6 is 15.9 Å². The first-order valence-electron chi connectivity index (χ1n) is 5.18. The van der Waals surface area contributed by atoms with Gasteiger partial charge in [-0.05, 0) is 35.0 Å². The molecule has 0 spiro atoms. The molecular weight excluding hydrogens is 280 g/mol. The van der Waals surface area contributed by atoms with Gasteiger partial charge in [0.25, 0.3) is 0 Å². The van der Waals surface area contributed by atoms with Crippen LogP contribution in [-0.2, 0) is 0 Å². The molecule has 0 radical (unpaired) electrons. The van der Waals surface area contributed by atoms with E-state index in [4.69, 9.17) is 0 Å².